The molecule has 1 aliphatic heterocycles. The van der Waals surface area contributed by atoms with Gasteiger partial charge in [0.2, 0.25) is 0 Å². The quantitative estimate of drug-likeness (QED) is 0.304. The molecular weight excluding hydrogens is 401 g/mol. The third kappa shape index (κ3) is 4.24. The Morgan fingerprint density at radius 2 is 2.50 bits per heavy atom. The molecule has 0 aromatic carbocycles. The van der Waals surface area contributed by atoms with Crippen LogP contribution in [0, 0.1) is 0 Å². The molecule has 0 spiro atoms. The predicted molar refractivity (Wildman–Crippen MR) is 96.7 cm³/mol. The molecule has 3 atom stereocenters. The second-order valence-electron chi connectivity index (χ2n) is 5.17. The fourth-order valence-electron chi connectivity index (χ4n) is 2.64. The molecule has 15 heteroatoms. The van der Waals surface area contributed by atoms with E-state index in [9.17, 15) is 4.79 Å². The third-order valence-electron chi connectivity index (χ3n) is 3.68. The summed E-state index contributed by atoms with van der Waals surface area (Å²) in [6, 6.07) is 0. The van der Waals surface area contributed by atoms with Crippen molar-refractivity contribution >= 4 is 40.5 Å². The van der Waals surface area contributed by atoms with Crippen LogP contribution >= 0.6 is 23.4 Å². The first-order valence-corrected chi connectivity index (χ1v) is 10.9. The van der Waals surface area contributed by atoms with E-state index < -0.39 is 17.9 Å². The van der Waals surface area contributed by atoms with Crippen LogP contribution in [0.2, 0.25) is 0 Å². The number of anilines is 1. The van der Waals surface area contributed by atoms with E-state index in [-0.39, 0.29) is 30.9 Å². The van der Waals surface area contributed by atoms with Crippen molar-refractivity contribution in [1.82, 2.24) is 19.5 Å². The van der Waals surface area contributed by atoms with E-state index in [1.807, 2.05) is 0 Å². The van der Waals surface area contributed by atoms with Gasteiger partial charge in [-0.2, -0.15) is 0 Å². The molecule has 0 aliphatic carbocycles. The Bertz CT molecular complexity index is 1000. The van der Waals surface area contributed by atoms with Crippen molar-refractivity contribution < 1.29 is 14.0 Å². The van der Waals surface area contributed by atoms with Crippen LogP contribution in [-0.2, 0) is 14.0 Å². The van der Waals surface area contributed by atoms with E-state index in [1.165, 1.54) is 6.33 Å². The van der Waals surface area contributed by atoms with Crippen LogP contribution in [-0.4, -0.2) is 45.1 Å². The number of hydrogen-bond donors (Lipinski definition) is 2. The fraction of sp³-hybridized carbons (Fsp3) is 0.545. The van der Waals surface area contributed by atoms with Crippen molar-refractivity contribution in [2.75, 3.05) is 19.1 Å². The van der Waals surface area contributed by atoms with E-state index in [4.69, 9.17) is 25.3 Å². The Kier molecular flexibility index (Phi) is 6.62. The number of fused-ring (bicyclic) bond motifs is 1. The van der Waals surface area contributed by atoms with Gasteiger partial charge in [-0.1, -0.05) is 0 Å². The third-order valence-corrected chi connectivity index (χ3v) is 5.24. The molecule has 26 heavy (non-hydrogen) atoms. The summed E-state index contributed by atoms with van der Waals surface area (Å²) in [5.41, 5.74) is 14.1. The number of H-pyrrole nitrogens is 1. The van der Waals surface area contributed by atoms with Gasteiger partial charge in [-0.05, 0) is 0 Å². The SMILES string of the molecule is [N-]=[N+]=NCOC1C[C@H](n2cnc3c(=O)[nH]c(N)nc32)O[C@@H]1COP=P#P. The van der Waals surface area contributed by atoms with Gasteiger partial charge in [0.15, 0.2) is 0 Å². The number of ether oxygens (including phenoxy) is 2. The maximum atomic E-state index is 11.9. The van der Waals surface area contributed by atoms with Gasteiger partial charge < -0.3 is 0 Å². The summed E-state index contributed by atoms with van der Waals surface area (Å²) in [6.07, 6.45) is 0.658. The van der Waals surface area contributed by atoms with Gasteiger partial charge in [0.05, 0.1) is 0 Å². The van der Waals surface area contributed by atoms with Crippen LogP contribution in [0.15, 0.2) is 16.2 Å². The number of azide groups is 1. The monoisotopic (exact) mass is 414 g/mol. The standard InChI is InChI=1S/C11H13N8O4P3/c12-11-16-9-8(10(20)17-11)14-3-19(9)7-1-5(21-4-15-18-13)6(23-7)2-22-25-26-24/h3,5-7H,1-2,4H2,(H3,12,16,17,20)/t5?,6-,7-/m1/s1. The van der Waals surface area contributed by atoms with Crippen LogP contribution in [0.4, 0.5) is 5.95 Å². The number of nitrogen functional groups attached to an aromatic ring is 1. The van der Waals surface area contributed by atoms with Gasteiger partial charge in [-0.25, -0.2) is 0 Å². The van der Waals surface area contributed by atoms with E-state index >= 15 is 0 Å². The summed E-state index contributed by atoms with van der Waals surface area (Å²) in [5.74, 6) is -0.00937. The Labute approximate surface area is 150 Å². The number of aromatic nitrogens is 4. The van der Waals surface area contributed by atoms with Gasteiger partial charge in [-0.15, -0.1) is 0 Å². The van der Waals surface area contributed by atoms with Crippen molar-refractivity contribution in [3.8, 4) is 0 Å². The Balaban J connectivity index is 1.85. The minimum atomic E-state index is -0.483. The maximum absolute atomic E-state index is 11.9. The molecule has 3 heterocycles. The first-order chi connectivity index (χ1) is 12.6. The van der Waals surface area contributed by atoms with Crippen molar-refractivity contribution in [2.45, 2.75) is 24.9 Å². The number of imidazole rings is 1. The van der Waals surface area contributed by atoms with Crippen molar-refractivity contribution in [2.24, 2.45) is 5.11 Å². The summed E-state index contributed by atoms with van der Waals surface area (Å²) in [6.45, 7) is 0.928. The van der Waals surface area contributed by atoms with Crippen LogP contribution in [0.5, 0.6) is 0 Å². The van der Waals surface area contributed by atoms with Crippen molar-refractivity contribution in [3.05, 3.63) is 27.1 Å². The summed E-state index contributed by atoms with van der Waals surface area (Å²) < 4.78 is 18.7. The number of aromatic amines is 1. The molecule has 1 aliphatic rings. The molecule has 1 saturated heterocycles. The Hall–Kier alpha value is -1.50. The molecule has 12 nitrogen and oxygen atoms in total. The van der Waals surface area contributed by atoms with Crippen molar-refractivity contribution in [1.29, 1.82) is 0 Å². The normalized spacial score (nSPS) is 22.5. The van der Waals surface area contributed by atoms with Gasteiger partial charge >= 0.3 is 150 Å². The molecular formula is C11H13N8O4P3. The zero-order chi connectivity index (χ0) is 18.5. The molecule has 2 aromatic heterocycles. The predicted octanol–water partition coefficient (Wildman–Crippen LogP) is 2.71. The molecule has 3 rings (SSSR count). The van der Waals surface area contributed by atoms with Gasteiger partial charge in [-0.3, -0.25) is 0 Å². The Morgan fingerprint density at radius 1 is 1.65 bits per heavy atom. The first-order valence-electron chi connectivity index (χ1n) is 7.30. The van der Waals surface area contributed by atoms with Crippen LogP contribution < -0.4 is 11.3 Å². The van der Waals surface area contributed by atoms with Gasteiger partial charge in [0.1, 0.15) is 0 Å². The average molecular weight is 414 g/mol. The number of hydrogen-bond acceptors (Lipinski definition) is 8. The minimum absolute atomic E-state index is 0.00937. The number of nitrogens with zero attached hydrogens (tertiary/aromatic N) is 6. The van der Waals surface area contributed by atoms with Gasteiger partial charge in [0.25, 0.3) is 0 Å². The molecule has 136 valence electrons. The second kappa shape index (κ2) is 8.93. The molecule has 1 fully saturated rings. The van der Waals surface area contributed by atoms with E-state index in [1.54, 1.807) is 4.57 Å². The molecule has 1 unspecified atom stereocenters. The summed E-state index contributed by atoms with van der Waals surface area (Å²) in [7, 11) is 4.74. The fourth-order valence-corrected chi connectivity index (χ4v) is 3.72. The van der Waals surface area contributed by atoms with Crippen LogP contribution in [0.1, 0.15) is 12.6 Å². The molecule has 0 amide bonds. The zero-order valence-electron chi connectivity index (χ0n) is 13.2. The number of nitrogens with two attached hydrogens (primary N) is 1. The van der Waals surface area contributed by atoms with Crippen molar-refractivity contribution in [3.63, 3.8) is 0 Å². The molecule has 3 N–H and O–H groups in total. The average Bonchev–Trinajstić information content (AvgIpc) is 3.19. The van der Waals surface area contributed by atoms with Gasteiger partial charge in [0, 0.05) is 0 Å². The molecule has 0 bridgehead atoms. The van der Waals surface area contributed by atoms with Crippen LogP contribution in [0.25, 0.3) is 21.6 Å². The van der Waals surface area contributed by atoms with E-state index in [0.717, 1.165) is 6.97 Å². The zero-order valence-corrected chi connectivity index (χ0v) is 15.8. The summed E-state index contributed by atoms with van der Waals surface area (Å²) in [5, 5.41) is 3.38. The van der Waals surface area contributed by atoms with E-state index in [2.05, 4.69) is 33.3 Å². The topological polar surface area (TPSA) is 166 Å². The molecule has 2 aromatic rings. The molecule has 0 saturated carbocycles. The first kappa shape index (κ1) is 19.3. The molecule has 0 radical (unpaired) electrons. The Morgan fingerprint density at radius 3 is 3.27 bits per heavy atom. The summed E-state index contributed by atoms with van der Waals surface area (Å²) >= 11 is 0. The van der Waals surface area contributed by atoms with E-state index in [0.29, 0.717) is 20.2 Å². The summed E-state index contributed by atoms with van der Waals surface area (Å²) in [4.78, 5) is 25.2. The van der Waals surface area contributed by atoms with Crippen LogP contribution in [0.3, 0.4) is 0 Å². The number of rotatable bonds is 7. The number of nitrogens with one attached hydrogen (secondary N) is 1. The second-order valence-corrected chi connectivity index (χ2v) is 8.41.